The molecule has 2 aliphatic rings. The van der Waals surface area contributed by atoms with Crippen molar-refractivity contribution in [1.29, 1.82) is 0 Å². The van der Waals surface area contributed by atoms with E-state index in [-0.39, 0.29) is 37.0 Å². The molecule has 0 bridgehead atoms. The average molecular weight is 654 g/mol. The Kier molecular flexibility index (Phi) is 9.51. The maximum absolute atomic E-state index is 14.7. The Bertz CT molecular complexity index is 1560. The van der Waals surface area contributed by atoms with Gasteiger partial charge in [0.25, 0.3) is 0 Å². The smallest absolute Gasteiger partial charge is 0.339 e. The minimum atomic E-state index is -1.09. The molecule has 11 heteroatoms. The number of carboxylic acid groups (broad SMARTS) is 1. The minimum Gasteiger partial charge on any atom is -0.492 e. The monoisotopic (exact) mass is 652 g/mol. The molecule has 3 amide bonds. The number of amides is 3. The van der Waals surface area contributed by atoms with Gasteiger partial charge in [-0.3, -0.25) is 14.6 Å². The Hall–Kier alpha value is -3.95. The average Bonchev–Trinajstić information content (AvgIpc) is 3.38. The highest BCUT2D eigenvalue weighted by molar-refractivity contribution is 6.30. The predicted octanol–water partition coefficient (Wildman–Crippen LogP) is 6.60. The zero-order chi connectivity index (χ0) is 32.5. The number of hydrogen-bond donors (Lipinski definition) is 1. The van der Waals surface area contributed by atoms with Gasteiger partial charge in [0.1, 0.15) is 18.8 Å². The fourth-order valence-electron chi connectivity index (χ4n) is 5.97. The van der Waals surface area contributed by atoms with Gasteiger partial charge in [0.15, 0.2) is 0 Å². The van der Waals surface area contributed by atoms with E-state index in [2.05, 4.69) is 26.8 Å². The third-order valence-corrected chi connectivity index (χ3v) is 8.80. The Morgan fingerprint density at radius 1 is 0.933 bits per heavy atom. The number of aliphatic carboxylic acids is 1. The zero-order valence-corrected chi connectivity index (χ0v) is 27.4. The molecule has 3 aromatic rings. The summed E-state index contributed by atoms with van der Waals surface area (Å²) >= 11 is 12.6. The van der Waals surface area contributed by atoms with Crippen LogP contribution in [-0.4, -0.2) is 77.2 Å². The highest BCUT2D eigenvalue weighted by Crippen LogP contribution is 2.48. The maximum atomic E-state index is 14.7. The van der Waals surface area contributed by atoms with E-state index in [9.17, 15) is 19.5 Å². The van der Waals surface area contributed by atoms with Crippen LogP contribution in [0.4, 0.5) is 10.5 Å². The summed E-state index contributed by atoms with van der Waals surface area (Å²) in [7, 11) is 0. The molecule has 2 heterocycles. The first-order valence-electron chi connectivity index (χ1n) is 15.0. The van der Waals surface area contributed by atoms with Gasteiger partial charge < -0.3 is 19.6 Å². The van der Waals surface area contributed by atoms with Gasteiger partial charge >= 0.3 is 12.0 Å². The summed E-state index contributed by atoms with van der Waals surface area (Å²) in [5.41, 5.74) is 3.56. The van der Waals surface area contributed by atoms with Gasteiger partial charge in [-0.15, -0.1) is 0 Å². The highest BCUT2D eigenvalue weighted by Gasteiger charge is 2.47. The van der Waals surface area contributed by atoms with Crippen LogP contribution in [0, 0.1) is 0 Å². The van der Waals surface area contributed by atoms with Gasteiger partial charge in [0, 0.05) is 35.6 Å². The Balaban J connectivity index is 1.64. The van der Waals surface area contributed by atoms with Crippen LogP contribution in [0.5, 0.6) is 5.75 Å². The van der Waals surface area contributed by atoms with E-state index in [1.165, 1.54) is 9.80 Å². The molecular formula is C34H38Cl2N4O5. The van der Waals surface area contributed by atoms with Crippen LogP contribution in [-0.2, 0) is 15.0 Å². The first-order valence-corrected chi connectivity index (χ1v) is 15.8. The molecule has 5 rings (SSSR count). The van der Waals surface area contributed by atoms with Crippen LogP contribution in [0.25, 0.3) is 0 Å². The standard InChI is InChI=1S/C34H38Cl2N4O5/c1-5-45-29-18-24(34(2,3)4)10-15-28(29)39-19-27(22-6-11-25(35)12-7-22)32(23-8-13-26(36)14-9-23)40(39)33(44)38-17-16-37(21-31(42)43)30(41)20-38/h6-15,18,27,32H,5,16-17,19-21H2,1-4H3,(H,42,43). The number of hydrazine groups is 1. The van der Waals surface area contributed by atoms with Crippen molar-refractivity contribution in [3.8, 4) is 5.75 Å². The van der Waals surface area contributed by atoms with Crippen LogP contribution in [0.15, 0.2) is 66.7 Å². The van der Waals surface area contributed by atoms with Gasteiger partial charge in [-0.05, 0) is 65.4 Å². The van der Waals surface area contributed by atoms with E-state index in [0.717, 1.165) is 22.4 Å². The second kappa shape index (κ2) is 13.2. The molecular weight excluding hydrogens is 615 g/mol. The van der Waals surface area contributed by atoms with Crippen molar-refractivity contribution in [3.63, 3.8) is 0 Å². The molecule has 45 heavy (non-hydrogen) atoms. The summed E-state index contributed by atoms with van der Waals surface area (Å²) in [5.74, 6) is -1.04. The summed E-state index contributed by atoms with van der Waals surface area (Å²) < 4.78 is 6.20. The molecule has 2 unspecified atom stereocenters. The van der Waals surface area contributed by atoms with Gasteiger partial charge in [-0.25, -0.2) is 9.80 Å². The Morgan fingerprint density at radius 3 is 2.11 bits per heavy atom. The number of anilines is 1. The zero-order valence-electron chi connectivity index (χ0n) is 25.9. The molecule has 2 saturated heterocycles. The second-order valence-corrected chi connectivity index (χ2v) is 13.2. The molecule has 9 nitrogen and oxygen atoms in total. The van der Waals surface area contributed by atoms with Crippen molar-refractivity contribution in [2.45, 2.75) is 45.1 Å². The van der Waals surface area contributed by atoms with E-state index in [1.54, 1.807) is 17.1 Å². The molecule has 3 aromatic carbocycles. The third-order valence-electron chi connectivity index (χ3n) is 8.30. The normalized spacial score (nSPS) is 18.8. The summed E-state index contributed by atoms with van der Waals surface area (Å²) in [5, 5.41) is 14.1. The van der Waals surface area contributed by atoms with Crippen molar-refractivity contribution in [2.75, 3.05) is 44.3 Å². The van der Waals surface area contributed by atoms with E-state index in [1.807, 2.05) is 60.5 Å². The number of carboxylic acids is 1. The molecule has 2 fully saturated rings. The van der Waals surface area contributed by atoms with Crippen LogP contribution >= 0.6 is 23.2 Å². The first kappa shape index (κ1) is 32.4. The number of piperazine rings is 1. The maximum Gasteiger partial charge on any atom is 0.339 e. The highest BCUT2D eigenvalue weighted by atomic mass is 35.5. The number of nitrogens with zero attached hydrogens (tertiary/aromatic N) is 4. The van der Waals surface area contributed by atoms with E-state index in [4.69, 9.17) is 27.9 Å². The lowest BCUT2D eigenvalue weighted by atomic mass is 9.86. The van der Waals surface area contributed by atoms with E-state index < -0.39 is 24.5 Å². The van der Waals surface area contributed by atoms with Gasteiger partial charge in [0.2, 0.25) is 5.91 Å². The first-order chi connectivity index (χ1) is 21.4. The lowest BCUT2D eigenvalue weighted by Gasteiger charge is -2.41. The molecule has 0 aliphatic carbocycles. The number of urea groups is 1. The number of ether oxygens (including phenoxy) is 1. The Labute approximate surface area is 273 Å². The quantitative estimate of drug-likeness (QED) is 0.309. The SMILES string of the molecule is CCOc1cc(C(C)(C)C)ccc1N1CC(c2ccc(Cl)cc2)C(c2ccc(Cl)cc2)N1C(=O)N1CCN(CC(=O)O)C(=O)C1. The van der Waals surface area contributed by atoms with E-state index in [0.29, 0.717) is 28.9 Å². The lowest BCUT2D eigenvalue weighted by molar-refractivity contribution is -0.146. The van der Waals surface area contributed by atoms with Crippen molar-refractivity contribution in [1.82, 2.24) is 14.8 Å². The summed E-state index contributed by atoms with van der Waals surface area (Å²) in [6, 6.07) is 20.3. The molecule has 0 spiro atoms. The van der Waals surface area contributed by atoms with Crippen LogP contribution in [0.3, 0.4) is 0 Å². The topological polar surface area (TPSA) is 93.6 Å². The summed E-state index contributed by atoms with van der Waals surface area (Å²) in [6.07, 6.45) is 0. The number of benzene rings is 3. The van der Waals surface area contributed by atoms with Crippen molar-refractivity contribution in [3.05, 3.63) is 93.5 Å². The molecule has 238 valence electrons. The van der Waals surface area contributed by atoms with Crippen LogP contribution < -0.4 is 9.75 Å². The van der Waals surface area contributed by atoms with Crippen molar-refractivity contribution >= 4 is 46.8 Å². The second-order valence-electron chi connectivity index (χ2n) is 12.4. The number of halogens is 2. The number of carbonyl (C=O) groups is 3. The number of hydrogen-bond acceptors (Lipinski definition) is 5. The molecule has 2 aliphatic heterocycles. The molecule has 0 saturated carbocycles. The summed E-state index contributed by atoms with van der Waals surface area (Å²) in [6.45, 7) is 8.90. The number of carbonyl (C=O) groups excluding carboxylic acids is 2. The van der Waals surface area contributed by atoms with Gasteiger partial charge in [-0.2, -0.15) is 0 Å². The van der Waals surface area contributed by atoms with Crippen LogP contribution in [0.1, 0.15) is 56.3 Å². The fraction of sp³-hybridized carbons (Fsp3) is 0.382. The third kappa shape index (κ3) is 6.99. The van der Waals surface area contributed by atoms with Crippen molar-refractivity contribution < 1.29 is 24.2 Å². The Morgan fingerprint density at radius 2 is 1.56 bits per heavy atom. The number of rotatable bonds is 7. The molecule has 2 atom stereocenters. The molecule has 0 radical (unpaired) electrons. The predicted molar refractivity (Wildman–Crippen MR) is 175 cm³/mol. The lowest BCUT2D eigenvalue weighted by Crippen LogP contribution is -2.58. The van der Waals surface area contributed by atoms with E-state index >= 15 is 0 Å². The van der Waals surface area contributed by atoms with Crippen LogP contribution in [0.2, 0.25) is 10.0 Å². The fourth-order valence-corrected chi connectivity index (χ4v) is 6.23. The molecule has 1 N–H and O–H groups in total. The largest absolute Gasteiger partial charge is 0.492 e. The minimum absolute atomic E-state index is 0.126. The molecule has 0 aromatic heterocycles. The van der Waals surface area contributed by atoms with Gasteiger partial charge in [-0.1, -0.05) is 74.3 Å². The van der Waals surface area contributed by atoms with Gasteiger partial charge in [0.05, 0.1) is 18.3 Å². The van der Waals surface area contributed by atoms with Crippen molar-refractivity contribution in [2.24, 2.45) is 0 Å². The summed E-state index contributed by atoms with van der Waals surface area (Å²) in [4.78, 5) is 41.7.